The van der Waals surface area contributed by atoms with E-state index in [1.807, 2.05) is 13.8 Å². The predicted molar refractivity (Wildman–Crippen MR) is 97.0 cm³/mol. The minimum absolute atomic E-state index is 0. The van der Waals surface area contributed by atoms with Crippen LogP contribution in [0.1, 0.15) is 20.3 Å². The summed E-state index contributed by atoms with van der Waals surface area (Å²) in [6.45, 7) is 4.53. The first kappa shape index (κ1) is 22.7. The van der Waals surface area contributed by atoms with Gasteiger partial charge in [-0.15, -0.1) is 24.0 Å². The van der Waals surface area contributed by atoms with Crippen molar-refractivity contribution in [1.82, 2.24) is 15.5 Å². The molecule has 2 N–H and O–H groups in total. The molecular weight excluding hydrogens is 407 g/mol. The first-order valence-corrected chi connectivity index (χ1v) is 8.64. The Morgan fingerprint density at radius 2 is 1.90 bits per heavy atom. The van der Waals surface area contributed by atoms with Crippen LogP contribution in [-0.4, -0.2) is 70.4 Å². The lowest BCUT2D eigenvalue weighted by Gasteiger charge is -2.17. The third kappa shape index (κ3) is 12.8. The topological polar surface area (TPSA) is 90.9 Å². The number of hydrogen-bond acceptors (Lipinski definition) is 4. The number of likely N-dealkylation sites (N-methyl/N-ethyl adjacent to an activating group) is 1. The van der Waals surface area contributed by atoms with Crippen molar-refractivity contribution in [2.45, 2.75) is 26.3 Å². The van der Waals surface area contributed by atoms with Crippen molar-refractivity contribution in [3.63, 3.8) is 0 Å². The zero-order valence-electron chi connectivity index (χ0n) is 13.3. The van der Waals surface area contributed by atoms with Gasteiger partial charge < -0.3 is 15.5 Å². The summed E-state index contributed by atoms with van der Waals surface area (Å²) in [5.41, 5.74) is 0. The molecule has 21 heavy (non-hydrogen) atoms. The van der Waals surface area contributed by atoms with E-state index in [4.69, 9.17) is 0 Å². The normalized spacial score (nSPS) is 13.1. The second kappa shape index (κ2) is 11.0. The number of carbonyl (C=O) groups is 1. The fraction of sp³-hybridized carbons (Fsp3) is 0.833. The lowest BCUT2D eigenvalue weighted by molar-refractivity contribution is -0.127. The minimum Gasteiger partial charge on any atom is -0.357 e. The van der Waals surface area contributed by atoms with Crippen molar-refractivity contribution >= 4 is 45.7 Å². The highest BCUT2D eigenvalue weighted by molar-refractivity contribution is 14.0. The van der Waals surface area contributed by atoms with Gasteiger partial charge in [-0.3, -0.25) is 4.79 Å². The molecule has 126 valence electrons. The van der Waals surface area contributed by atoms with E-state index < -0.39 is 9.84 Å². The zero-order valence-corrected chi connectivity index (χ0v) is 16.5. The third-order valence-corrected chi connectivity index (χ3v) is 3.50. The van der Waals surface area contributed by atoms with Crippen LogP contribution in [0, 0.1) is 0 Å². The highest BCUT2D eigenvalue weighted by Gasteiger charge is 2.10. The number of nitrogens with zero attached hydrogens (tertiary/aromatic N) is 2. The van der Waals surface area contributed by atoms with Crippen molar-refractivity contribution in [2.75, 3.05) is 39.2 Å². The largest absolute Gasteiger partial charge is 0.357 e. The summed E-state index contributed by atoms with van der Waals surface area (Å²) in [7, 11) is 0.382. The van der Waals surface area contributed by atoms with Crippen LogP contribution in [0.15, 0.2) is 4.99 Å². The van der Waals surface area contributed by atoms with Crippen LogP contribution >= 0.6 is 24.0 Å². The lowest BCUT2D eigenvalue weighted by Crippen LogP contribution is -2.43. The van der Waals surface area contributed by atoms with Crippen molar-refractivity contribution in [3.8, 4) is 0 Å². The smallest absolute Gasteiger partial charge is 0.243 e. The Bertz CT molecular complexity index is 438. The van der Waals surface area contributed by atoms with Crippen molar-refractivity contribution in [1.29, 1.82) is 0 Å². The van der Waals surface area contributed by atoms with Gasteiger partial charge in [-0.1, -0.05) is 0 Å². The number of hydrogen-bond donors (Lipinski definition) is 2. The molecule has 0 aliphatic carbocycles. The zero-order chi connectivity index (χ0) is 15.8. The molecule has 1 atom stereocenters. The van der Waals surface area contributed by atoms with Gasteiger partial charge in [0.25, 0.3) is 0 Å². The highest BCUT2D eigenvalue weighted by atomic mass is 127. The minimum atomic E-state index is -2.97. The summed E-state index contributed by atoms with van der Waals surface area (Å²) >= 11 is 0. The number of halogens is 1. The molecule has 1 amide bonds. The fourth-order valence-corrected chi connectivity index (χ4v) is 2.09. The van der Waals surface area contributed by atoms with E-state index in [2.05, 4.69) is 15.6 Å². The number of sulfone groups is 1. The Hall–Kier alpha value is -0.580. The number of guanidine groups is 1. The predicted octanol–water partition coefficient (Wildman–Crippen LogP) is 0.0709. The van der Waals surface area contributed by atoms with Gasteiger partial charge in [0.2, 0.25) is 5.91 Å². The highest BCUT2D eigenvalue weighted by Crippen LogP contribution is 1.95. The van der Waals surface area contributed by atoms with Gasteiger partial charge in [-0.05, 0) is 20.3 Å². The third-order valence-electron chi connectivity index (χ3n) is 2.52. The molecule has 0 aromatic rings. The number of amides is 1. The Kier molecular flexibility index (Phi) is 11.9. The first-order valence-electron chi connectivity index (χ1n) is 6.58. The van der Waals surface area contributed by atoms with E-state index in [1.54, 1.807) is 14.1 Å². The van der Waals surface area contributed by atoms with E-state index in [0.29, 0.717) is 18.9 Å². The Morgan fingerprint density at radius 3 is 2.33 bits per heavy atom. The molecular formula is C12H27IN4O3S. The van der Waals surface area contributed by atoms with Crippen molar-refractivity contribution in [3.05, 3.63) is 0 Å². The summed E-state index contributed by atoms with van der Waals surface area (Å²) in [6, 6.07) is -0.0445. The van der Waals surface area contributed by atoms with Crippen LogP contribution in [0.3, 0.4) is 0 Å². The summed E-state index contributed by atoms with van der Waals surface area (Å²) < 4.78 is 22.2. The summed E-state index contributed by atoms with van der Waals surface area (Å²) in [5.74, 6) is 0.548. The monoisotopic (exact) mass is 434 g/mol. The quantitative estimate of drug-likeness (QED) is 0.336. The fourth-order valence-electron chi connectivity index (χ4n) is 1.30. The Balaban J connectivity index is 0. The van der Waals surface area contributed by atoms with Gasteiger partial charge in [0.15, 0.2) is 5.96 Å². The van der Waals surface area contributed by atoms with Crippen LogP contribution in [-0.2, 0) is 14.6 Å². The maximum atomic E-state index is 11.5. The van der Waals surface area contributed by atoms with Crippen LogP contribution in [0.5, 0.6) is 0 Å². The van der Waals surface area contributed by atoms with Crippen LogP contribution in [0.25, 0.3) is 0 Å². The van der Waals surface area contributed by atoms with Gasteiger partial charge in [-0.25, -0.2) is 13.4 Å². The van der Waals surface area contributed by atoms with Crippen LogP contribution < -0.4 is 10.6 Å². The first-order chi connectivity index (χ1) is 9.15. The van der Waals surface area contributed by atoms with E-state index in [-0.39, 0.29) is 48.2 Å². The Morgan fingerprint density at radius 1 is 1.33 bits per heavy atom. The van der Waals surface area contributed by atoms with Gasteiger partial charge in [0.1, 0.15) is 16.4 Å². The second-order valence-electron chi connectivity index (χ2n) is 4.95. The van der Waals surface area contributed by atoms with E-state index in [9.17, 15) is 13.2 Å². The maximum Gasteiger partial charge on any atom is 0.243 e. The van der Waals surface area contributed by atoms with Crippen LogP contribution in [0.2, 0.25) is 0 Å². The molecule has 0 bridgehead atoms. The van der Waals surface area contributed by atoms with Crippen molar-refractivity contribution < 1.29 is 13.2 Å². The van der Waals surface area contributed by atoms with E-state index in [1.165, 1.54) is 11.2 Å². The molecule has 0 rings (SSSR count). The molecule has 7 nitrogen and oxygen atoms in total. The van der Waals surface area contributed by atoms with E-state index >= 15 is 0 Å². The van der Waals surface area contributed by atoms with Crippen molar-refractivity contribution in [2.24, 2.45) is 4.99 Å². The lowest BCUT2D eigenvalue weighted by atomic mass is 10.3. The molecule has 0 aliphatic rings. The molecule has 9 heteroatoms. The molecule has 0 radical (unpaired) electrons. The Labute approximate surface area is 144 Å². The average Bonchev–Trinajstić information content (AvgIpc) is 2.32. The maximum absolute atomic E-state index is 11.5. The molecule has 0 saturated heterocycles. The summed E-state index contributed by atoms with van der Waals surface area (Å²) in [4.78, 5) is 17.1. The number of aliphatic imine (C=N–C) groups is 1. The average molecular weight is 434 g/mol. The summed E-state index contributed by atoms with van der Waals surface area (Å²) in [5, 5.41) is 6.11. The molecule has 0 aromatic heterocycles. The van der Waals surface area contributed by atoms with Gasteiger partial charge in [0.05, 0.1) is 5.75 Å². The number of nitrogens with one attached hydrogen (secondary N) is 2. The van der Waals surface area contributed by atoms with Gasteiger partial charge >= 0.3 is 0 Å². The summed E-state index contributed by atoms with van der Waals surface area (Å²) in [6.07, 6.45) is 1.71. The molecule has 0 aromatic carbocycles. The molecule has 0 heterocycles. The van der Waals surface area contributed by atoms with Gasteiger partial charge in [-0.2, -0.15) is 0 Å². The molecule has 0 fully saturated rings. The van der Waals surface area contributed by atoms with Crippen LogP contribution in [0.4, 0.5) is 0 Å². The van der Waals surface area contributed by atoms with E-state index in [0.717, 1.165) is 0 Å². The molecule has 0 aliphatic heterocycles. The SMILES string of the molecule is CCNC(=NCC(=O)N(C)C)NC(C)CCS(C)(=O)=O.I. The molecule has 1 unspecified atom stereocenters. The number of rotatable bonds is 7. The standard InChI is InChI=1S/C12H26N4O3S.HI/c1-6-13-12(14-9-11(17)16(3)4)15-10(2)7-8-20(5,18)19;/h10H,6-9H2,1-5H3,(H2,13,14,15);1H. The molecule has 0 spiro atoms. The second-order valence-corrected chi connectivity index (χ2v) is 7.21. The molecule has 0 saturated carbocycles. The van der Waals surface area contributed by atoms with Gasteiger partial charge in [0, 0.05) is 32.9 Å². The number of carbonyl (C=O) groups excluding carboxylic acids is 1.